The van der Waals surface area contributed by atoms with E-state index in [-0.39, 0.29) is 11.3 Å². The summed E-state index contributed by atoms with van der Waals surface area (Å²) in [6.07, 6.45) is -3.81. The number of alkyl halides is 3. The average Bonchev–Trinajstić information content (AvgIpc) is 2.90. The van der Waals surface area contributed by atoms with Crippen LogP contribution in [0.15, 0.2) is 29.6 Å². The number of nitrogens with zero attached hydrogens (tertiary/aromatic N) is 1. The van der Waals surface area contributed by atoms with Crippen LogP contribution in [0.25, 0.3) is 0 Å². The highest BCUT2D eigenvalue weighted by atomic mass is 32.1. The van der Waals surface area contributed by atoms with Crippen LogP contribution in [-0.2, 0) is 12.6 Å². The molecular weight excluding hydrogens is 301 g/mol. The molecule has 0 aliphatic heterocycles. The largest absolute Gasteiger partial charge is 0.433 e. The predicted octanol–water partition coefficient (Wildman–Crippen LogP) is 3.44. The van der Waals surface area contributed by atoms with E-state index in [1.54, 1.807) is 11.3 Å². The quantitative estimate of drug-likeness (QED) is 0.939. The van der Waals surface area contributed by atoms with Crippen molar-refractivity contribution in [2.24, 2.45) is 0 Å². The fourth-order valence-corrected chi connectivity index (χ4v) is 2.52. The Morgan fingerprint density at radius 1 is 1.33 bits per heavy atom. The van der Waals surface area contributed by atoms with E-state index in [1.165, 1.54) is 6.92 Å². The lowest BCUT2D eigenvalue weighted by molar-refractivity contribution is -0.141. The number of hydrogen-bond donors (Lipinski definition) is 1. The lowest BCUT2D eigenvalue weighted by Gasteiger charge is -2.10. The molecule has 7 heteroatoms. The maximum atomic E-state index is 12.5. The molecule has 0 saturated carbocycles. The molecule has 0 atom stereocenters. The summed E-state index contributed by atoms with van der Waals surface area (Å²) in [5.41, 5.74) is -0.761. The number of thiophene rings is 1. The number of nitrogens with one attached hydrogen (secondary N) is 1. The number of aryl methyl sites for hydroxylation is 1. The van der Waals surface area contributed by atoms with Crippen LogP contribution in [0.3, 0.4) is 0 Å². The van der Waals surface area contributed by atoms with Crippen LogP contribution < -0.4 is 5.32 Å². The van der Waals surface area contributed by atoms with E-state index in [9.17, 15) is 18.0 Å². The van der Waals surface area contributed by atoms with Crippen LogP contribution >= 0.6 is 11.3 Å². The molecule has 2 aromatic rings. The zero-order valence-corrected chi connectivity index (χ0v) is 12.0. The molecule has 0 spiro atoms. The molecule has 0 fully saturated rings. The van der Waals surface area contributed by atoms with Gasteiger partial charge in [0.05, 0.1) is 11.3 Å². The van der Waals surface area contributed by atoms with Crippen LogP contribution in [0, 0.1) is 6.92 Å². The number of aromatic nitrogens is 1. The molecule has 1 N–H and O–H groups in total. The van der Waals surface area contributed by atoms with E-state index < -0.39 is 17.8 Å². The third kappa shape index (κ3) is 4.04. The van der Waals surface area contributed by atoms with Gasteiger partial charge in [0.1, 0.15) is 5.69 Å². The first-order chi connectivity index (χ1) is 9.88. The van der Waals surface area contributed by atoms with Gasteiger partial charge in [-0.2, -0.15) is 13.2 Å². The lowest BCUT2D eigenvalue weighted by atomic mass is 10.1. The Morgan fingerprint density at radius 2 is 2.10 bits per heavy atom. The highest BCUT2D eigenvalue weighted by molar-refractivity contribution is 7.09. The van der Waals surface area contributed by atoms with Gasteiger partial charge in [-0.25, -0.2) is 4.98 Å². The van der Waals surface area contributed by atoms with Crippen LogP contribution in [0.5, 0.6) is 0 Å². The Morgan fingerprint density at radius 3 is 2.67 bits per heavy atom. The molecule has 0 aliphatic rings. The van der Waals surface area contributed by atoms with Gasteiger partial charge in [-0.1, -0.05) is 6.07 Å². The molecule has 2 aromatic heterocycles. The number of pyridine rings is 1. The van der Waals surface area contributed by atoms with Crippen molar-refractivity contribution < 1.29 is 18.0 Å². The van der Waals surface area contributed by atoms with Gasteiger partial charge in [-0.15, -0.1) is 11.3 Å². The minimum atomic E-state index is -4.50. The number of carbonyl (C=O) groups is 1. The van der Waals surface area contributed by atoms with Gasteiger partial charge in [-0.05, 0) is 36.9 Å². The second kappa shape index (κ2) is 6.26. The second-order valence-corrected chi connectivity index (χ2v) is 5.44. The average molecular weight is 314 g/mol. The minimum Gasteiger partial charge on any atom is -0.352 e. The van der Waals surface area contributed by atoms with Gasteiger partial charge in [0.25, 0.3) is 5.91 Å². The summed E-state index contributed by atoms with van der Waals surface area (Å²) >= 11 is 1.59. The number of carbonyl (C=O) groups excluding carboxylic acids is 1. The lowest BCUT2D eigenvalue weighted by Crippen LogP contribution is -2.26. The summed E-state index contributed by atoms with van der Waals surface area (Å²) in [6, 6.07) is 5.86. The van der Waals surface area contributed by atoms with Crippen molar-refractivity contribution in [2.45, 2.75) is 19.5 Å². The van der Waals surface area contributed by atoms with Gasteiger partial charge >= 0.3 is 6.18 Å². The van der Waals surface area contributed by atoms with Crippen LogP contribution in [-0.4, -0.2) is 17.4 Å². The molecule has 2 rings (SSSR count). The molecule has 2 heterocycles. The van der Waals surface area contributed by atoms with Crippen molar-refractivity contribution in [3.05, 3.63) is 51.5 Å². The molecule has 0 unspecified atom stereocenters. The Kier molecular flexibility index (Phi) is 4.62. The van der Waals surface area contributed by atoms with Crippen LogP contribution in [0.1, 0.15) is 26.6 Å². The van der Waals surface area contributed by atoms with Crippen molar-refractivity contribution >= 4 is 17.2 Å². The van der Waals surface area contributed by atoms with Crippen molar-refractivity contribution in [3.8, 4) is 0 Å². The Bertz CT molecular complexity index is 624. The molecule has 0 aromatic carbocycles. The molecule has 1 amide bonds. The number of rotatable bonds is 4. The fourth-order valence-electron chi connectivity index (χ4n) is 1.81. The van der Waals surface area contributed by atoms with Gasteiger partial charge in [-0.3, -0.25) is 4.79 Å². The second-order valence-electron chi connectivity index (χ2n) is 4.41. The van der Waals surface area contributed by atoms with Crippen molar-refractivity contribution in [3.63, 3.8) is 0 Å². The summed E-state index contributed by atoms with van der Waals surface area (Å²) in [6.45, 7) is 1.82. The number of amides is 1. The van der Waals surface area contributed by atoms with Crippen LogP contribution in [0.4, 0.5) is 13.2 Å². The topological polar surface area (TPSA) is 42.0 Å². The van der Waals surface area contributed by atoms with E-state index in [0.29, 0.717) is 13.0 Å². The zero-order chi connectivity index (χ0) is 15.5. The minimum absolute atomic E-state index is 0.0680. The summed E-state index contributed by atoms with van der Waals surface area (Å²) in [5, 5.41) is 4.63. The smallest absolute Gasteiger partial charge is 0.352 e. The highest BCUT2D eigenvalue weighted by Crippen LogP contribution is 2.28. The van der Waals surface area contributed by atoms with E-state index in [0.717, 1.165) is 17.0 Å². The van der Waals surface area contributed by atoms with Gasteiger partial charge in [0.2, 0.25) is 0 Å². The SMILES string of the molecule is Cc1nc(C(F)(F)F)ccc1C(=O)NCCc1cccs1. The third-order valence-corrected chi connectivity index (χ3v) is 3.79. The van der Waals surface area contributed by atoms with Gasteiger partial charge in [0.15, 0.2) is 0 Å². The maximum Gasteiger partial charge on any atom is 0.433 e. The Labute approximate surface area is 123 Å². The predicted molar refractivity (Wildman–Crippen MR) is 74.3 cm³/mol. The van der Waals surface area contributed by atoms with Crippen molar-refractivity contribution in [1.29, 1.82) is 0 Å². The van der Waals surface area contributed by atoms with Crippen molar-refractivity contribution in [1.82, 2.24) is 10.3 Å². The number of halogens is 3. The maximum absolute atomic E-state index is 12.5. The molecule has 21 heavy (non-hydrogen) atoms. The van der Waals surface area contributed by atoms with E-state index >= 15 is 0 Å². The molecule has 0 saturated heterocycles. The van der Waals surface area contributed by atoms with E-state index in [1.807, 2.05) is 17.5 Å². The molecule has 0 bridgehead atoms. The fraction of sp³-hybridized carbons (Fsp3) is 0.286. The molecule has 112 valence electrons. The molecule has 3 nitrogen and oxygen atoms in total. The molecule has 0 aliphatic carbocycles. The van der Waals surface area contributed by atoms with Gasteiger partial charge in [0, 0.05) is 11.4 Å². The Hall–Kier alpha value is -1.89. The summed E-state index contributed by atoms with van der Waals surface area (Å²) < 4.78 is 37.5. The first kappa shape index (κ1) is 15.5. The van der Waals surface area contributed by atoms with E-state index in [4.69, 9.17) is 0 Å². The molecule has 0 radical (unpaired) electrons. The first-order valence-corrected chi connectivity index (χ1v) is 7.11. The van der Waals surface area contributed by atoms with Crippen LogP contribution in [0.2, 0.25) is 0 Å². The monoisotopic (exact) mass is 314 g/mol. The standard InChI is InChI=1S/C14H13F3N2OS/c1-9-11(4-5-12(19-9)14(15,16)17)13(20)18-7-6-10-3-2-8-21-10/h2-5,8H,6-7H2,1H3,(H,18,20). The zero-order valence-electron chi connectivity index (χ0n) is 11.2. The highest BCUT2D eigenvalue weighted by Gasteiger charge is 2.33. The normalized spacial score (nSPS) is 11.4. The van der Waals surface area contributed by atoms with Crippen molar-refractivity contribution in [2.75, 3.05) is 6.54 Å². The number of hydrogen-bond acceptors (Lipinski definition) is 3. The first-order valence-electron chi connectivity index (χ1n) is 6.23. The van der Waals surface area contributed by atoms with Gasteiger partial charge < -0.3 is 5.32 Å². The van der Waals surface area contributed by atoms with E-state index in [2.05, 4.69) is 10.3 Å². The summed E-state index contributed by atoms with van der Waals surface area (Å²) in [7, 11) is 0. The third-order valence-electron chi connectivity index (χ3n) is 2.86. The Balaban J connectivity index is 1.99. The molecular formula is C14H13F3N2OS. The summed E-state index contributed by atoms with van der Waals surface area (Å²) in [4.78, 5) is 16.5. The summed E-state index contributed by atoms with van der Waals surface area (Å²) in [5.74, 6) is -0.412.